The summed E-state index contributed by atoms with van der Waals surface area (Å²) in [5.74, 6) is 1.63. The van der Waals surface area contributed by atoms with Gasteiger partial charge in [0.15, 0.2) is 0 Å². The highest BCUT2D eigenvalue weighted by molar-refractivity contribution is 7.98. The monoisotopic (exact) mass is 305 g/mol. The summed E-state index contributed by atoms with van der Waals surface area (Å²) in [5.41, 5.74) is 3.58. The molecule has 0 fully saturated rings. The van der Waals surface area contributed by atoms with Crippen molar-refractivity contribution in [3.05, 3.63) is 52.1 Å². The van der Waals surface area contributed by atoms with Crippen molar-refractivity contribution in [1.29, 1.82) is 0 Å². The third kappa shape index (κ3) is 2.97. The van der Waals surface area contributed by atoms with Gasteiger partial charge in [0.1, 0.15) is 5.82 Å². The van der Waals surface area contributed by atoms with E-state index in [4.69, 9.17) is 11.6 Å². The summed E-state index contributed by atoms with van der Waals surface area (Å²) in [6, 6.07) is 7.88. The third-order valence-electron chi connectivity index (χ3n) is 3.38. The molecule has 2 aromatic rings. The molecule has 20 heavy (non-hydrogen) atoms. The van der Waals surface area contributed by atoms with Crippen LogP contribution in [0.1, 0.15) is 22.8 Å². The summed E-state index contributed by atoms with van der Waals surface area (Å²) in [5, 5.41) is 4.15. The number of hydrogen-bond donors (Lipinski definition) is 1. The van der Waals surface area contributed by atoms with Gasteiger partial charge in [-0.2, -0.15) is 0 Å². The van der Waals surface area contributed by atoms with Crippen LogP contribution in [0.15, 0.2) is 29.2 Å². The molecule has 5 heteroatoms. The SMILES string of the molecule is Cc1nc(CSc2ccccc2Cl)nc2c1CCNC2. The van der Waals surface area contributed by atoms with Gasteiger partial charge < -0.3 is 5.32 Å². The standard InChI is InChI=1S/C15H16ClN3S/c1-10-11-6-7-17-8-13(11)19-15(18-10)9-20-14-5-3-2-4-12(14)16/h2-5,17H,6-9H2,1H3. The fourth-order valence-electron chi connectivity index (χ4n) is 2.38. The normalized spacial score (nSPS) is 14.1. The zero-order chi connectivity index (χ0) is 13.9. The van der Waals surface area contributed by atoms with Gasteiger partial charge >= 0.3 is 0 Å². The van der Waals surface area contributed by atoms with Crippen molar-refractivity contribution in [3.63, 3.8) is 0 Å². The van der Waals surface area contributed by atoms with E-state index in [0.29, 0.717) is 0 Å². The van der Waals surface area contributed by atoms with E-state index in [-0.39, 0.29) is 0 Å². The lowest BCUT2D eigenvalue weighted by Crippen LogP contribution is -2.26. The number of hydrogen-bond acceptors (Lipinski definition) is 4. The molecule has 3 nitrogen and oxygen atoms in total. The van der Waals surface area contributed by atoms with Gasteiger partial charge in [0, 0.05) is 17.1 Å². The van der Waals surface area contributed by atoms with Crippen LogP contribution in [-0.4, -0.2) is 16.5 Å². The lowest BCUT2D eigenvalue weighted by atomic mass is 10.1. The molecular formula is C15H16ClN3S. The Kier molecular flexibility index (Phi) is 4.24. The molecule has 1 aliphatic rings. The molecule has 0 saturated carbocycles. The molecule has 1 N–H and O–H groups in total. The molecule has 0 radical (unpaired) electrons. The van der Waals surface area contributed by atoms with Crippen LogP contribution in [0.2, 0.25) is 5.02 Å². The Morgan fingerprint density at radius 1 is 1.30 bits per heavy atom. The second kappa shape index (κ2) is 6.12. The van der Waals surface area contributed by atoms with Crippen LogP contribution in [0.3, 0.4) is 0 Å². The van der Waals surface area contributed by atoms with E-state index < -0.39 is 0 Å². The van der Waals surface area contributed by atoms with E-state index >= 15 is 0 Å². The van der Waals surface area contributed by atoms with Gasteiger partial charge in [-0.25, -0.2) is 9.97 Å². The molecule has 0 unspecified atom stereocenters. The first-order valence-electron chi connectivity index (χ1n) is 6.67. The molecular weight excluding hydrogens is 290 g/mol. The van der Waals surface area contributed by atoms with Crippen LogP contribution < -0.4 is 5.32 Å². The van der Waals surface area contributed by atoms with E-state index in [9.17, 15) is 0 Å². The molecule has 1 aliphatic heterocycles. The molecule has 0 bridgehead atoms. The average Bonchev–Trinajstić information content (AvgIpc) is 2.46. The van der Waals surface area contributed by atoms with Gasteiger partial charge in [-0.05, 0) is 37.6 Å². The van der Waals surface area contributed by atoms with Crippen molar-refractivity contribution in [3.8, 4) is 0 Å². The van der Waals surface area contributed by atoms with Crippen LogP contribution in [0, 0.1) is 6.92 Å². The highest BCUT2D eigenvalue weighted by Crippen LogP contribution is 2.29. The average molecular weight is 306 g/mol. The lowest BCUT2D eigenvalue weighted by Gasteiger charge is -2.18. The quantitative estimate of drug-likeness (QED) is 0.882. The Morgan fingerprint density at radius 2 is 2.15 bits per heavy atom. The predicted octanol–water partition coefficient (Wildman–Crippen LogP) is 3.38. The number of benzene rings is 1. The summed E-state index contributed by atoms with van der Waals surface area (Å²) >= 11 is 7.85. The number of fused-ring (bicyclic) bond motifs is 1. The first-order valence-corrected chi connectivity index (χ1v) is 8.03. The third-order valence-corrected chi connectivity index (χ3v) is 4.89. The predicted molar refractivity (Wildman–Crippen MR) is 83.2 cm³/mol. The van der Waals surface area contributed by atoms with Gasteiger partial charge in [-0.3, -0.25) is 0 Å². The van der Waals surface area contributed by atoms with Crippen molar-refractivity contribution < 1.29 is 0 Å². The minimum absolute atomic E-state index is 0.748. The first kappa shape index (κ1) is 13.9. The largest absolute Gasteiger partial charge is 0.311 e. The molecule has 1 aromatic heterocycles. The maximum absolute atomic E-state index is 6.17. The van der Waals surface area contributed by atoms with Gasteiger partial charge in [-0.1, -0.05) is 23.7 Å². The van der Waals surface area contributed by atoms with Gasteiger partial charge in [0.25, 0.3) is 0 Å². The highest BCUT2D eigenvalue weighted by atomic mass is 35.5. The van der Waals surface area contributed by atoms with Crippen molar-refractivity contribution in [2.24, 2.45) is 0 Å². The fraction of sp³-hybridized carbons (Fsp3) is 0.333. The van der Waals surface area contributed by atoms with Crippen LogP contribution in [0.25, 0.3) is 0 Å². The van der Waals surface area contributed by atoms with Crippen LogP contribution >= 0.6 is 23.4 Å². The van der Waals surface area contributed by atoms with Crippen molar-refractivity contribution in [1.82, 2.24) is 15.3 Å². The highest BCUT2D eigenvalue weighted by Gasteiger charge is 2.15. The molecule has 0 atom stereocenters. The maximum atomic E-state index is 6.17. The molecule has 0 amide bonds. The Labute approximate surface area is 128 Å². The molecule has 1 aromatic carbocycles. The molecule has 2 heterocycles. The zero-order valence-electron chi connectivity index (χ0n) is 11.3. The van der Waals surface area contributed by atoms with E-state index in [2.05, 4.69) is 22.2 Å². The summed E-state index contributed by atoms with van der Waals surface area (Å²) in [4.78, 5) is 10.4. The van der Waals surface area contributed by atoms with E-state index in [1.54, 1.807) is 11.8 Å². The number of nitrogens with one attached hydrogen (secondary N) is 1. The van der Waals surface area contributed by atoms with E-state index in [1.807, 2.05) is 24.3 Å². The van der Waals surface area contributed by atoms with E-state index in [1.165, 1.54) is 5.56 Å². The number of aryl methyl sites for hydroxylation is 1. The molecule has 0 spiro atoms. The molecule has 104 valence electrons. The minimum atomic E-state index is 0.748. The van der Waals surface area contributed by atoms with Gasteiger partial charge in [0.2, 0.25) is 0 Å². The summed E-state index contributed by atoms with van der Waals surface area (Å²) in [6.07, 6.45) is 1.03. The fourth-order valence-corrected chi connectivity index (χ4v) is 3.47. The van der Waals surface area contributed by atoms with Crippen molar-refractivity contribution >= 4 is 23.4 Å². The second-order valence-corrected chi connectivity index (χ2v) is 6.22. The number of aromatic nitrogens is 2. The number of nitrogens with zero attached hydrogens (tertiary/aromatic N) is 2. The minimum Gasteiger partial charge on any atom is -0.311 e. The molecule has 3 rings (SSSR count). The Bertz CT molecular complexity index is 631. The Morgan fingerprint density at radius 3 is 3.00 bits per heavy atom. The molecule has 0 aliphatic carbocycles. The van der Waals surface area contributed by atoms with Crippen LogP contribution in [-0.2, 0) is 18.7 Å². The van der Waals surface area contributed by atoms with Gasteiger partial charge in [-0.15, -0.1) is 11.8 Å². The lowest BCUT2D eigenvalue weighted by molar-refractivity contribution is 0.614. The van der Waals surface area contributed by atoms with Crippen molar-refractivity contribution in [2.45, 2.75) is 30.5 Å². The first-order chi connectivity index (χ1) is 9.74. The number of rotatable bonds is 3. The summed E-state index contributed by atoms with van der Waals surface area (Å²) < 4.78 is 0. The topological polar surface area (TPSA) is 37.8 Å². The van der Waals surface area contributed by atoms with Crippen LogP contribution in [0.5, 0.6) is 0 Å². The Hall–Kier alpha value is -1.10. The zero-order valence-corrected chi connectivity index (χ0v) is 12.9. The summed E-state index contributed by atoms with van der Waals surface area (Å²) in [7, 11) is 0. The Balaban J connectivity index is 1.78. The van der Waals surface area contributed by atoms with Crippen molar-refractivity contribution in [2.75, 3.05) is 6.54 Å². The smallest absolute Gasteiger partial charge is 0.139 e. The molecule has 0 saturated heterocycles. The number of halogens is 1. The number of thioether (sulfide) groups is 1. The van der Waals surface area contributed by atoms with Gasteiger partial charge in [0.05, 0.1) is 16.5 Å². The summed E-state index contributed by atoms with van der Waals surface area (Å²) in [6.45, 7) is 3.95. The van der Waals surface area contributed by atoms with Crippen LogP contribution in [0.4, 0.5) is 0 Å². The second-order valence-electron chi connectivity index (χ2n) is 4.80. The van der Waals surface area contributed by atoms with E-state index in [0.717, 1.165) is 52.4 Å². The maximum Gasteiger partial charge on any atom is 0.139 e.